The van der Waals surface area contributed by atoms with Crippen molar-refractivity contribution >= 4 is 40.6 Å². The van der Waals surface area contributed by atoms with Gasteiger partial charge in [-0.3, -0.25) is 10.1 Å². The molecule has 1 aromatic rings. The molecule has 10 heteroatoms. The van der Waals surface area contributed by atoms with Gasteiger partial charge < -0.3 is 19.7 Å². The van der Waals surface area contributed by atoms with E-state index in [4.69, 9.17) is 33.3 Å². The third-order valence-corrected chi connectivity index (χ3v) is 4.91. The Morgan fingerprint density at radius 3 is 2.70 bits per heavy atom. The van der Waals surface area contributed by atoms with E-state index < -0.39 is 16.9 Å². The largest absolute Gasteiger partial charge is 0.466 e. The monoisotopic (exact) mass is 413 g/mol. The van der Waals surface area contributed by atoms with Gasteiger partial charge in [0.05, 0.1) is 36.3 Å². The lowest BCUT2D eigenvalue weighted by molar-refractivity contribution is -0.384. The molecular weight excluding hydrogens is 394 g/mol. The molecule has 0 bridgehead atoms. The molecule has 1 heterocycles. The fraction of sp³-hybridized carbons (Fsp3) is 0.412. The van der Waals surface area contributed by atoms with Crippen molar-refractivity contribution in [3.8, 4) is 0 Å². The molecule has 0 saturated heterocycles. The van der Waals surface area contributed by atoms with Crippen molar-refractivity contribution in [2.75, 3.05) is 20.8 Å². The first-order valence-electron chi connectivity index (χ1n) is 8.04. The van der Waals surface area contributed by atoms with E-state index in [2.05, 4.69) is 5.32 Å². The lowest BCUT2D eigenvalue weighted by Gasteiger charge is -2.40. The summed E-state index contributed by atoms with van der Waals surface area (Å²) in [6.45, 7) is 4.05. The van der Waals surface area contributed by atoms with Crippen LogP contribution in [0, 0.1) is 10.1 Å². The maximum absolute atomic E-state index is 12.5. The minimum Gasteiger partial charge on any atom is -0.466 e. The predicted octanol–water partition coefficient (Wildman–Crippen LogP) is 2.96. The highest BCUT2D eigenvalue weighted by molar-refractivity contribution is 7.80. The van der Waals surface area contributed by atoms with Crippen LogP contribution in [0.5, 0.6) is 0 Å². The Kier molecular flexibility index (Phi) is 6.74. The lowest BCUT2D eigenvalue weighted by Crippen LogP contribution is -2.52. The highest BCUT2D eigenvalue weighted by Gasteiger charge is 2.37. The van der Waals surface area contributed by atoms with Crippen LogP contribution >= 0.6 is 23.8 Å². The van der Waals surface area contributed by atoms with Gasteiger partial charge in [-0.1, -0.05) is 17.7 Å². The summed E-state index contributed by atoms with van der Waals surface area (Å²) in [5, 5.41) is 14.7. The van der Waals surface area contributed by atoms with Crippen LogP contribution in [0.3, 0.4) is 0 Å². The Morgan fingerprint density at radius 1 is 1.48 bits per heavy atom. The molecule has 0 amide bonds. The molecule has 1 aliphatic rings. The van der Waals surface area contributed by atoms with Crippen LogP contribution in [0.2, 0.25) is 5.02 Å². The van der Waals surface area contributed by atoms with E-state index in [0.29, 0.717) is 28.6 Å². The number of nitrogens with zero attached hydrogens (tertiary/aromatic N) is 2. The Hall–Kier alpha value is -2.23. The molecule has 146 valence electrons. The number of nitrogens with one attached hydrogen (secondary N) is 1. The number of methoxy groups -OCH3 is 2. The summed E-state index contributed by atoms with van der Waals surface area (Å²) in [6, 6.07) is 3.53. The first kappa shape index (κ1) is 21.1. The zero-order chi connectivity index (χ0) is 20.3. The summed E-state index contributed by atoms with van der Waals surface area (Å²) in [5.41, 5.74) is 1.13. The van der Waals surface area contributed by atoms with E-state index in [9.17, 15) is 14.9 Å². The number of ether oxygens (including phenoxy) is 2. The maximum atomic E-state index is 12.5. The second-order valence-electron chi connectivity index (χ2n) is 6.02. The standard InChI is InChI=1S/C17H20ClN3O5S/c1-9(8-25-3)20-10(2)14(16(22)26-4)15(19-17(20)27)11-5-6-12(18)13(7-11)21(23)24/h5-7,9,15H,8H2,1-4H3,(H,19,27)/t9-,15-/m0/s1. The van der Waals surface area contributed by atoms with Gasteiger partial charge in [-0.05, 0) is 37.7 Å². The van der Waals surface area contributed by atoms with Crippen molar-refractivity contribution in [1.82, 2.24) is 10.2 Å². The fourth-order valence-corrected chi connectivity index (χ4v) is 3.70. The summed E-state index contributed by atoms with van der Waals surface area (Å²) < 4.78 is 10.1. The van der Waals surface area contributed by atoms with Crippen molar-refractivity contribution in [2.45, 2.75) is 25.9 Å². The second kappa shape index (κ2) is 8.64. The van der Waals surface area contributed by atoms with Gasteiger partial charge in [0.2, 0.25) is 0 Å². The summed E-state index contributed by atoms with van der Waals surface area (Å²) in [4.78, 5) is 24.9. The topological polar surface area (TPSA) is 93.9 Å². The molecule has 8 nitrogen and oxygen atoms in total. The average molecular weight is 414 g/mol. The van der Waals surface area contributed by atoms with Gasteiger partial charge in [-0.15, -0.1) is 0 Å². The summed E-state index contributed by atoms with van der Waals surface area (Å²) >= 11 is 11.4. The summed E-state index contributed by atoms with van der Waals surface area (Å²) in [7, 11) is 2.85. The van der Waals surface area contributed by atoms with Gasteiger partial charge in [-0.25, -0.2) is 4.79 Å². The number of halogens is 1. The normalized spacial score (nSPS) is 18.2. The average Bonchev–Trinajstić information content (AvgIpc) is 2.61. The number of rotatable bonds is 6. The molecule has 0 unspecified atom stereocenters. The molecule has 0 radical (unpaired) electrons. The highest BCUT2D eigenvalue weighted by atomic mass is 35.5. The summed E-state index contributed by atoms with van der Waals surface area (Å²) in [5.74, 6) is -0.556. The Balaban J connectivity index is 2.60. The quantitative estimate of drug-likeness (QED) is 0.329. The fourth-order valence-electron chi connectivity index (χ4n) is 3.08. The van der Waals surface area contributed by atoms with Crippen LogP contribution in [-0.4, -0.2) is 47.8 Å². The molecular formula is C17H20ClN3O5S. The van der Waals surface area contributed by atoms with E-state index in [-0.39, 0.29) is 16.8 Å². The second-order valence-corrected chi connectivity index (χ2v) is 6.81. The number of allylic oxidation sites excluding steroid dienone is 1. The van der Waals surface area contributed by atoms with Crippen molar-refractivity contribution in [2.24, 2.45) is 0 Å². The molecule has 2 atom stereocenters. The minimum atomic E-state index is -0.702. The highest BCUT2D eigenvalue weighted by Crippen LogP contribution is 2.35. The molecule has 0 spiro atoms. The molecule has 0 saturated carbocycles. The number of esters is 1. The summed E-state index contributed by atoms with van der Waals surface area (Å²) in [6.07, 6.45) is 0. The van der Waals surface area contributed by atoms with E-state index in [1.54, 1.807) is 25.0 Å². The predicted molar refractivity (Wildman–Crippen MR) is 104 cm³/mol. The number of carbonyl (C=O) groups is 1. The zero-order valence-corrected chi connectivity index (χ0v) is 16.9. The van der Waals surface area contributed by atoms with E-state index in [1.807, 2.05) is 6.92 Å². The van der Waals surface area contributed by atoms with Gasteiger partial charge in [0.15, 0.2) is 5.11 Å². The number of hydrogen-bond donors (Lipinski definition) is 1. The van der Waals surface area contributed by atoms with Crippen LogP contribution in [-0.2, 0) is 14.3 Å². The first-order chi connectivity index (χ1) is 12.7. The number of thiocarbonyl (C=S) groups is 1. The van der Waals surface area contributed by atoms with Gasteiger partial charge in [0.1, 0.15) is 5.02 Å². The van der Waals surface area contributed by atoms with Gasteiger partial charge in [0, 0.05) is 18.9 Å². The van der Waals surface area contributed by atoms with Crippen molar-refractivity contribution < 1.29 is 19.2 Å². The molecule has 27 heavy (non-hydrogen) atoms. The number of carbonyl (C=O) groups excluding carboxylic acids is 1. The molecule has 0 aromatic heterocycles. The van der Waals surface area contributed by atoms with Gasteiger partial charge >= 0.3 is 5.97 Å². The van der Waals surface area contributed by atoms with Gasteiger partial charge in [-0.2, -0.15) is 0 Å². The number of benzene rings is 1. The zero-order valence-electron chi connectivity index (χ0n) is 15.3. The van der Waals surface area contributed by atoms with E-state index in [1.165, 1.54) is 19.2 Å². The van der Waals surface area contributed by atoms with Crippen molar-refractivity contribution in [3.05, 3.63) is 50.2 Å². The van der Waals surface area contributed by atoms with Crippen LogP contribution in [0.25, 0.3) is 0 Å². The van der Waals surface area contributed by atoms with Crippen LogP contribution < -0.4 is 5.32 Å². The smallest absolute Gasteiger partial charge is 0.337 e. The number of nitro benzene ring substituents is 1. The Labute approximate surface area is 167 Å². The van der Waals surface area contributed by atoms with Crippen molar-refractivity contribution in [3.63, 3.8) is 0 Å². The molecule has 1 N–H and O–H groups in total. The van der Waals surface area contributed by atoms with Crippen LogP contribution in [0.15, 0.2) is 29.5 Å². The van der Waals surface area contributed by atoms with E-state index in [0.717, 1.165) is 0 Å². The number of hydrogen-bond acceptors (Lipinski definition) is 6. The van der Waals surface area contributed by atoms with E-state index >= 15 is 0 Å². The molecule has 1 aromatic carbocycles. The molecule has 0 aliphatic carbocycles. The molecule has 2 rings (SSSR count). The number of nitro groups is 1. The maximum Gasteiger partial charge on any atom is 0.337 e. The van der Waals surface area contributed by atoms with Crippen molar-refractivity contribution in [1.29, 1.82) is 0 Å². The Morgan fingerprint density at radius 2 is 2.15 bits per heavy atom. The van der Waals surface area contributed by atoms with Crippen LogP contribution in [0.4, 0.5) is 5.69 Å². The third-order valence-electron chi connectivity index (χ3n) is 4.28. The SMILES string of the molecule is COC[C@H](C)N1C(=S)N[C@@H](c2ccc(Cl)c([N+](=O)[O-])c2)C(C(=O)OC)=C1C. The lowest BCUT2D eigenvalue weighted by atomic mass is 9.94. The third kappa shape index (κ3) is 4.20. The molecule has 1 aliphatic heterocycles. The first-order valence-corrected chi connectivity index (χ1v) is 8.83. The van der Waals surface area contributed by atoms with Gasteiger partial charge in [0.25, 0.3) is 5.69 Å². The minimum absolute atomic E-state index is 0.0119. The molecule has 0 fully saturated rings. The van der Waals surface area contributed by atoms with Crippen LogP contribution in [0.1, 0.15) is 25.5 Å². The Bertz CT molecular complexity index is 814.